The molecule has 20 heavy (non-hydrogen) atoms. The molecule has 1 aromatic carbocycles. The van der Waals surface area contributed by atoms with Crippen LogP contribution in [-0.4, -0.2) is 35.7 Å². The number of carboxylic acid groups (broad SMARTS) is 1. The normalized spacial score (nSPS) is 13.6. The van der Waals surface area contributed by atoms with Gasteiger partial charge in [-0.1, -0.05) is 18.2 Å². The Morgan fingerprint density at radius 1 is 1.40 bits per heavy atom. The number of aryl methyl sites for hydroxylation is 1. The predicted molar refractivity (Wildman–Crippen MR) is 71.7 cm³/mol. The lowest BCUT2D eigenvalue weighted by Crippen LogP contribution is -2.94. The number of aliphatic hydroxyl groups excluding tert-OH is 1. The predicted octanol–water partition coefficient (Wildman–Crippen LogP) is -1.61. The van der Waals surface area contributed by atoms with Gasteiger partial charge in [0.2, 0.25) is 5.91 Å². The molecule has 1 rings (SSSR count). The summed E-state index contributed by atoms with van der Waals surface area (Å²) in [4.78, 5) is 22.8. The number of carbonyl (C=O) groups is 2. The molecule has 0 unspecified atom stereocenters. The number of hydrogen-bond acceptors (Lipinski definition) is 4. The molecule has 0 saturated carbocycles. The van der Waals surface area contributed by atoms with Crippen LogP contribution in [0.4, 0.5) is 5.69 Å². The molecule has 1 aromatic rings. The highest BCUT2D eigenvalue weighted by Gasteiger charge is 2.19. The summed E-state index contributed by atoms with van der Waals surface area (Å²) < 4.78 is 0. The Morgan fingerprint density at radius 3 is 2.60 bits per heavy atom. The van der Waals surface area contributed by atoms with Crippen LogP contribution in [0.1, 0.15) is 18.9 Å². The van der Waals surface area contributed by atoms with E-state index < -0.39 is 24.0 Å². The van der Waals surface area contributed by atoms with E-state index in [1.165, 1.54) is 5.32 Å². The number of hydrogen-bond donors (Lipinski definition) is 3. The van der Waals surface area contributed by atoms with E-state index in [0.717, 1.165) is 5.56 Å². The first-order chi connectivity index (χ1) is 9.40. The van der Waals surface area contributed by atoms with Gasteiger partial charge in [-0.05, 0) is 25.5 Å². The first-order valence-corrected chi connectivity index (χ1v) is 6.48. The van der Waals surface area contributed by atoms with Crippen LogP contribution in [0.2, 0.25) is 0 Å². The number of carboxylic acids is 1. The number of aliphatic hydroxyl groups is 1. The summed E-state index contributed by atoms with van der Waals surface area (Å²) in [6.07, 6.45) is -0.847. The minimum absolute atomic E-state index is 0.205. The van der Waals surface area contributed by atoms with E-state index in [0.29, 0.717) is 5.69 Å². The summed E-state index contributed by atoms with van der Waals surface area (Å²) in [5.41, 5.74) is 1.56. The van der Waals surface area contributed by atoms with Crippen molar-refractivity contribution in [2.75, 3.05) is 11.9 Å². The number of anilines is 1. The zero-order chi connectivity index (χ0) is 15.1. The van der Waals surface area contributed by atoms with Gasteiger partial charge in [0.1, 0.15) is 12.6 Å². The van der Waals surface area contributed by atoms with Crippen molar-refractivity contribution in [1.29, 1.82) is 0 Å². The molecule has 0 aliphatic heterocycles. The highest BCUT2D eigenvalue weighted by molar-refractivity contribution is 5.93. The first-order valence-electron chi connectivity index (χ1n) is 6.48. The molecule has 110 valence electrons. The number of para-hydroxylation sites is 1. The van der Waals surface area contributed by atoms with Crippen LogP contribution in [0.15, 0.2) is 24.3 Å². The van der Waals surface area contributed by atoms with Gasteiger partial charge in [0.25, 0.3) is 0 Å². The number of rotatable bonds is 7. The molecular weight excluding hydrogens is 260 g/mol. The summed E-state index contributed by atoms with van der Waals surface area (Å²) in [6.45, 7) is 3.61. The maximum absolute atomic E-state index is 11.8. The smallest absolute Gasteiger partial charge is 0.230 e. The standard InChI is InChI=1S/C14H20N2O4/c1-9-5-3-4-6-11(9)16-13(18)7-12(14(19)20)15-8-10(2)17/h3-6,10,12,15,17H,7-8H2,1-2H3,(H,16,18)(H,19,20)/t10-,12+/m0/s1. The second-order valence-electron chi connectivity index (χ2n) is 4.81. The molecule has 6 heteroatoms. The number of nitrogens with two attached hydrogens (primary N) is 1. The van der Waals surface area contributed by atoms with E-state index in [9.17, 15) is 14.7 Å². The fourth-order valence-corrected chi connectivity index (χ4v) is 1.74. The quantitative estimate of drug-likeness (QED) is 0.558. The lowest BCUT2D eigenvalue weighted by Gasteiger charge is -2.17. The fraction of sp³-hybridized carbons (Fsp3) is 0.429. The van der Waals surface area contributed by atoms with Crippen LogP contribution in [0.5, 0.6) is 0 Å². The summed E-state index contributed by atoms with van der Waals surface area (Å²) >= 11 is 0. The lowest BCUT2D eigenvalue weighted by atomic mass is 10.1. The maximum atomic E-state index is 11.8. The number of nitrogens with one attached hydrogen (secondary N) is 1. The van der Waals surface area contributed by atoms with E-state index in [1.54, 1.807) is 19.1 Å². The zero-order valence-electron chi connectivity index (χ0n) is 11.6. The van der Waals surface area contributed by atoms with Gasteiger partial charge in [-0.25, -0.2) is 0 Å². The van der Waals surface area contributed by atoms with Crippen molar-refractivity contribution in [3.8, 4) is 0 Å². The van der Waals surface area contributed by atoms with Gasteiger partial charge in [0.15, 0.2) is 0 Å². The van der Waals surface area contributed by atoms with Crippen molar-refractivity contribution in [3.05, 3.63) is 29.8 Å². The van der Waals surface area contributed by atoms with Crippen molar-refractivity contribution < 1.29 is 25.1 Å². The first kappa shape index (κ1) is 16.1. The molecule has 0 aliphatic carbocycles. The molecule has 0 saturated heterocycles. The number of carbonyl (C=O) groups excluding carboxylic acids is 2. The van der Waals surface area contributed by atoms with Crippen LogP contribution < -0.4 is 15.7 Å². The molecule has 4 N–H and O–H groups in total. The van der Waals surface area contributed by atoms with E-state index in [2.05, 4.69) is 5.32 Å². The Kier molecular flexibility index (Phi) is 6.14. The van der Waals surface area contributed by atoms with Gasteiger partial charge in [-0.15, -0.1) is 0 Å². The van der Waals surface area contributed by atoms with Crippen LogP contribution in [-0.2, 0) is 9.59 Å². The summed E-state index contributed by atoms with van der Waals surface area (Å²) in [6, 6.07) is 6.24. The van der Waals surface area contributed by atoms with Gasteiger partial charge in [0, 0.05) is 5.69 Å². The topological polar surface area (TPSA) is 106 Å². The third-order valence-corrected chi connectivity index (χ3v) is 2.89. The van der Waals surface area contributed by atoms with Crippen molar-refractivity contribution in [2.45, 2.75) is 32.4 Å². The van der Waals surface area contributed by atoms with E-state index in [4.69, 9.17) is 5.11 Å². The second kappa shape index (κ2) is 7.62. The van der Waals surface area contributed by atoms with Gasteiger partial charge in [-0.3, -0.25) is 4.79 Å². The van der Waals surface area contributed by atoms with E-state index >= 15 is 0 Å². The Bertz CT molecular complexity index is 474. The number of benzene rings is 1. The third-order valence-electron chi connectivity index (χ3n) is 2.89. The van der Waals surface area contributed by atoms with Gasteiger partial charge < -0.3 is 25.6 Å². The lowest BCUT2D eigenvalue weighted by molar-refractivity contribution is -0.687. The molecule has 2 atom stereocenters. The number of amides is 1. The average molecular weight is 280 g/mol. The largest absolute Gasteiger partial charge is 0.544 e. The molecule has 1 amide bonds. The van der Waals surface area contributed by atoms with Gasteiger partial charge >= 0.3 is 0 Å². The van der Waals surface area contributed by atoms with Gasteiger partial charge in [0.05, 0.1) is 18.5 Å². The average Bonchev–Trinajstić information content (AvgIpc) is 2.36. The summed E-state index contributed by atoms with van der Waals surface area (Å²) in [5, 5.41) is 24.2. The fourth-order valence-electron chi connectivity index (χ4n) is 1.74. The summed E-state index contributed by atoms with van der Waals surface area (Å²) in [7, 11) is 0. The third kappa shape index (κ3) is 5.38. The molecule has 0 radical (unpaired) electrons. The summed E-state index contributed by atoms with van der Waals surface area (Å²) in [5.74, 6) is -1.71. The van der Waals surface area contributed by atoms with Crippen molar-refractivity contribution in [2.24, 2.45) is 0 Å². The van der Waals surface area contributed by atoms with Crippen molar-refractivity contribution in [1.82, 2.24) is 0 Å². The van der Waals surface area contributed by atoms with Crippen LogP contribution >= 0.6 is 0 Å². The van der Waals surface area contributed by atoms with E-state index in [-0.39, 0.29) is 13.0 Å². The Balaban J connectivity index is 2.58. The maximum Gasteiger partial charge on any atom is 0.230 e. The Labute approximate surface area is 117 Å². The van der Waals surface area contributed by atoms with E-state index in [1.807, 2.05) is 19.1 Å². The van der Waals surface area contributed by atoms with Crippen molar-refractivity contribution in [3.63, 3.8) is 0 Å². The molecule has 0 fully saturated rings. The second-order valence-corrected chi connectivity index (χ2v) is 4.81. The Morgan fingerprint density at radius 2 is 2.05 bits per heavy atom. The molecule has 0 aliphatic rings. The molecule has 0 bridgehead atoms. The number of quaternary nitrogens is 1. The van der Waals surface area contributed by atoms with Crippen LogP contribution in [0, 0.1) is 6.92 Å². The highest BCUT2D eigenvalue weighted by Crippen LogP contribution is 2.13. The van der Waals surface area contributed by atoms with Crippen molar-refractivity contribution >= 4 is 17.6 Å². The van der Waals surface area contributed by atoms with Crippen LogP contribution in [0.3, 0.4) is 0 Å². The molecular formula is C14H20N2O4. The molecule has 0 heterocycles. The van der Waals surface area contributed by atoms with Crippen LogP contribution in [0.25, 0.3) is 0 Å². The minimum Gasteiger partial charge on any atom is -0.544 e. The molecule has 0 spiro atoms. The van der Waals surface area contributed by atoms with Gasteiger partial charge in [-0.2, -0.15) is 0 Å². The Hall–Kier alpha value is -1.92. The molecule has 0 aromatic heterocycles. The highest BCUT2D eigenvalue weighted by atomic mass is 16.4. The molecule has 6 nitrogen and oxygen atoms in total. The SMILES string of the molecule is Cc1ccccc1NC(=O)C[C@@H]([NH2+]C[C@H](C)O)C(=O)[O-]. The zero-order valence-corrected chi connectivity index (χ0v) is 11.6. The minimum atomic E-state index is -1.31. The monoisotopic (exact) mass is 280 g/mol. The number of aliphatic carboxylic acids is 1.